The van der Waals surface area contributed by atoms with Gasteiger partial charge in [0.05, 0.1) is 21.3 Å². The third kappa shape index (κ3) is 4.20. The zero-order chi connectivity index (χ0) is 21.8. The van der Waals surface area contributed by atoms with Crippen molar-refractivity contribution in [1.29, 1.82) is 0 Å². The molecule has 162 valence electrons. The first-order chi connectivity index (χ1) is 15.2. The molecule has 0 amide bonds. The van der Waals surface area contributed by atoms with Crippen molar-refractivity contribution in [1.82, 2.24) is 14.8 Å². The van der Waals surface area contributed by atoms with Crippen molar-refractivity contribution in [3.8, 4) is 17.2 Å². The Balaban J connectivity index is 1.79. The molecule has 0 bridgehead atoms. The van der Waals surface area contributed by atoms with Gasteiger partial charge in [0, 0.05) is 30.4 Å². The van der Waals surface area contributed by atoms with E-state index in [9.17, 15) is 5.11 Å². The van der Waals surface area contributed by atoms with Gasteiger partial charge in [-0.05, 0) is 54.5 Å². The average Bonchev–Trinajstić information content (AvgIpc) is 3.24. The van der Waals surface area contributed by atoms with Gasteiger partial charge in [-0.1, -0.05) is 0 Å². The molecule has 1 aliphatic rings. The van der Waals surface area contributed by atoms with Crippen LogP contribution in [0.4, 0.5) is 5.95 Å². The van der Waals surface area contributed by atoms with E-state index in [1.807, 2.05) is 47.1 Å². The topological polar surface area (TPSA) is 90.7 Å². The van der Waals surface area contributed by atoms with E-state index in [0.717, 1.165) is 28.3 Å². The number of methoxy groups -OCH3 is 3. The van der Waals surface area contributed by atoms with Gasteiger partial charge in [0.1, 0.15) is 23.3 Å². The van der Waals surface area contributed by atoms with Crippen LogP contribution in [0.1, 0.15) is 29.4 Å². The summed E-state index contributed by atoms with van der Waals surface area (Å²) in [6.45, 7) is 0.0996. The summed E-state index contributed by atoms with van der Waals surface area (Å²) in [5.74, 6) is 3.54. The van der Waals surface area contributed by atoms with Crippen LogP contribution in [0.15, 0.2) is 48.5 Å². The molecule has 2 heterocycles. The minimum atomic E-state index is -0.232. The van der Waals surface area contributed by atoms with E-state index < -0.39 is 0 Å². The van der Waals surface area contributed by atoms with Crippen LogP contribution >= 0.6 is 0 Å². The number of hydrogen-bond acceptors (Lipinski definition) is 7. The second-order valence-electron chi connectivity index (χ2n) is 7.11. The Morgan fingerprint density at radius 3 is 2.42 bits per heavy atom. The maximum absolute atomic E-state index is 9.18. The summed E-state index contributed by atoms with van der Waals surface area (Å²) < 4.78 is 18.1. The fourth-order valence-electron chi connectivity index (χ4n) is 3.60. The summed E-state index contributed by atoms with van der Waals surface area (Å²) in [6.07, 6.45) is 3.31. The van der Waals surface area contributed by atoms with Crippen LogP contribution in [0.5, 0.6) is 17.2 Å². The number of aromatic nitrogens is 3. The van der Waals surface area contributed by atoms with Gasteiger partial charge in [-0.3, -0.25) is 0 Å². The van der Waals surface area contributed by atoms with E-state index in [0.29, 0.717) is 30.4 Å². The molecule has 8 heteroatoms. The Morgan fingerprint density at radius 2 is 1.74 bits per heavy atom. The van der Waals surface area contributed by atoms with Crippen LogP contribution in [0.2, 0.25) is 0 Å². The predicted molar refractivity (Wildman–Crippen MR) is 118 cm³/mol. The number of benzene rings is 2. The fraction of sp³-hybridized carbons (Fsp3) is 0.304. The first-order valence-corrected chi connectivity index (χ1v) is 10.1. The monoisotopic (exact) mass is 422 g/mol. The molecule has 31 heavy (non-hydrogen) atoms. The van der Waals surface area contributed by atoms with Gasteiger partial charge < -0.3 is 24.6 Å². The van der Waals surface area contributed by atoms with E-state index in [-0.39, 0.29) is 12.6 Å². The largest absolute Gasteiger partial charge is 0.497 e. The Labute approximate surface area is 181 Å². The van der Waals surface area contributed by atoms with Crippen molar-refractivity contribution < 1.29 is 19.3 Å². The lowest BCUT2D eigenvalue weighted by Crippen LogP contribution is -2.20. The van der Waals surface area contributed by atoms with Gasteiger partial charge in [0.15, 0.2) is 5.82 Å². The number of rotatable bonds is 8. The number of nitrogens with zero attached hydrogens (tertiary/aromatic N) is 3. The number of allylic oxidation sites excluding steroid dienone is 1. The van der Waals surface area contributed by atoms with E-state index in [2.05, 4.69) is 16.4 Å². The number of aryl methyl sites for hydroxylation is 1. The molecule has 0 saturated carbocycles. The SMILES string of the molecule is COc1ccc(C2=CC(c3ccc(OC)cc3OC)n3nc(CCCO)nc3N2)cc1. The lowest BCUT2D eigenvalue weighted by Gasteiger charge is -2.25. The summed E-state index contributed by atoms with van der Waals surface area (Å²) in [7, 11) is 4.92. The Bertz CT molecular complexity index is 1080. The first kappa shape index (κ1) is 20.7. The molecule has 8 nitrogen and oxygen atoms in total. The molecule has 4 rings (SSSR count). The molecule has 0 spiro atoms. The van der Waals surface area contributed by atoms with Gasteiger partial charge in [-0.2, -0.15) is 10.1 Å². The van der Waals surface area contributed by atoms with Crippen LogP contribution in [0.3, 0.4) is 0 Å². The lowest BCUT2D eigenvalue weighted by atomic mass is 10.0. The maximum Gasteiger partial charge on any atom is 0.226 e. The van der Waals surface area contributed by atoms with Crippen LogP contribution in [-0.2, 0) is 6.42 Å². The lowest BCUT2D eigenvalue weighted by molar-refractivity contribution is 0.287. The van der Waals surface area contributed by atoms with Crippen LogP contribution in [0, 0.1) is 0 Å². The van der Waals surface area contributed by atoms with E-state index in [1.54, 1.807) is 21.3 Å². The summed E-state index contributed by atoms with van der Waals surface area (Å²) in [4.78, 5) is 4.66. The number of nitrogens with one attached hydrogen (secondary N) is 1. The molecular weight excluding hydrogens is 396 g/mol. The number of fused-ring (bicyclic) bond motifs is 1. The molecule has 0 aliphatic carbocycles. The zero-order valence-corrected chi connectivity index (χ0v) is 17.8. The summed E-state index contributed by atoms with van der Waals surface area (Å²) in [6, 6.07) is 13.4. The minimum Gasteiger partial charge on any atom is -0.497 e. The van der Waals surface area contributed by atoms with Crippen LogP contribution in [-0.4, -0.2) is 47.8 Å². The number of anilines is 1. The quantitative estimate of drug-likeness (QED) is 0.576. The molecule has 1 atom stereocenters. The van der Waals surface area contributed by atoms with Crippen molar-refractivity contribution in [3.05, 3.63) is 65.5 Å². The smallest absolute Gasteiger partial charge is 0.226 e. The molecule has 0 radical (unpaired) electrons. The fourth-order valence-corrected chi connectivity index (χ4v) is 3.60. The summed E-state index contributed by atoms with van der Waals surface area (Å²) in [5.41, 5.74) is 2.86. The zero-order valence-electron chi connectivity index (χ0n) is 17.8. The highest BCUT2D eigenvalue weighted by Gasteiger charge is 2.27. The molecular formula is C23H26N4O4. The summed E-state index contributed by atoms with van der Waals surface area (Å²) in [5, 5.41) is 17.3. The van der Waals surface area contributed by atoms with E-state index >= 15 is 0 Å². The highest BCUT2D eigenvalue weighted by molar-refractivity contribution is 5.77. The third-order valence-corrected chi connectivity index (χ3v) is 5.23. The van der Waals surface area contributed by atoms with Gasteiger partial charge in [-0.15, -0.1) is 0 Å². The molecule has 3 aromatic rings. The van der Waals surface area contributed by atoms with Crippen molar-refractivity contribution in [2.75, 3.05) is 33.3 Å². The van der Waals surface area contributed by atoms with Crippen LogP contribution < -0.4 is 19.5 Å². The Hall–Kier alpha value is -3.52. The molecule has 2 aromatic carbocycles. The van der Waals surface area contributed by atoms with Crippen molar-refractivity contribution in [3.63, 3.8) is 0 Å². The molecule has 0 fully saturated rings. The third-order valence-electron chi connectivity index (χ3n) is 5.23. The van der Waals surface area contributed by atoms with Gasteiger partial charge in [-0.25, -0.2) is 4.68 Å². The normalized spacial score (nSPS) is 15.0. The van der Waals surface area contributed by atoms with E-state index in [4.69, 9.17) is 19.3 Å². The van der Waals surface area contributed by atoms with Gasteiger partial charge >= 0.3 is 0 Å². The summed E-state index contributed by atoms with van der Waals surface area (Å²) >= 11 is 0. The molecule has 1 aromatic heterocycles. The number of ether oxygens (including phenoxy) is 3. The average molecular weight is 422 g/mol. The minimum absolute atomic E-state index is 0.0996. The highest BCUT2D eigenvalue weighted by atomic mass is 16.5. The van der Waals surface area contributed by atoms with Gasteiger partial charge in [0.25, 0.3) is 0 Å². The molecule has 1 unspecified atom stereocenters. The van der Waals surface area contributed by atoms with Crippen molar-refractivity contribution in [2.24, 2.45) is 0 Å². The van der Waals surface area contributed by atoms with Crippen LogP contribution in [0.25, 0.3) is 5.70 Å². The maximum atomic E-state index is 9.18. The number of hydrogen-bond donors (Lipinski definition) is 2. The molecule has 1 aliphatic heterocycles. The van der Waals surface area contributed by atoms with Crippen molar-refractivity contribution in [2.45, 2.75) is 18.9 Å². The standard InChI is InChI=1S/C23H26N4O4/c1-29-16-8-6-15(7-9-16)19-14-20(18-11-10-17(30-2)13-21(18)31-3)27-23(24-19)25-22(26-27)5-4-12-28/h6-11,13-14,20,28H,4-5,12H2,1-3H3,(H,24,25,26). The predicted octanol–water partition coefficient (Wildman–Crippen LogP) is 3.28. The van der Waals surface area contributed by atoms with Gasteiger partial charge in [0.2, 0.25) is 5.95 Å². The van der Waals surface area contributed by atoms with E-state index in [1.165, 1.54) is 0 Å². The second kappa shape index (κ2) is 9.09. The Kier molecular flexibility index (Phi) is 6.08. The second-order valence-corrected chi connectivity index (χ2v) is 7.11. The molecule has 2 N–H and O–H groups in total. The molecule has 0 saturated heterocycles. The highest BCUT2D eigenvalue weighted by Crippen LogP contribution is 2.38. The van der Waals surface area contributed by atoms with Crippen molar-refractivity contribution >= 4 is 11.6 Å². The Morgan fingerprint density at radius 1 is 1.00 bits per heavy atom. The first-order valence-electron chi connectivity index (χ1n) is 10.1. The number of aliphatic hydroxyl groups is 1. The number of aliphatic hydroxyl groups excluding tert-OH is 1.